The fourth-order valence-corrected chi connectivity index (χ4v) is 0. The number of carbonyl (C=O) groups is 2. The first-order chi connectivity index (χ1) is 8.00. The average Bonchev–Trinajstić information content (AvgIpc) is 2.16. The van der Waals surface area contributed by atoms with Crippen molar-refractivity contribution in [3.63, 3.8) is 0 Å². The molecule has 0 aliphatic heterocycles. The number of amides is 2. The van der Waals surface area contributed by atoms with E-state index < -0.39 is 21.2 Å². The number of hydrogen-bond donors (Lipinski definition) is 0. The maximum atomic E-state index is 9.43. The molecule has 0 aliphatic carbocycles. The van der Waals surface area contributed by atoms with Crippen LogP contribution in [0.4, 0.5) is 0 Å². The molecule has 0 N–H and O–H groups in total. The third kappa shape index (κ3) is 685. The SMILES string of the molecule is C.CN(C)C=O.CN(C)C=O.O=S(=O)=O.O=S(=O)=O. The molecule has 0 aromatic carbocycles. The van der Waals surface area contributed by atoms with Gasteiger partial charge in [-0.05, 0) is 0 Å². The molecular weight excluding hydrogens is 304 g/mol. The molecule has 0 radical (unpaired) electrons. The third-order valence-electron chi connectivity index (χ3n) is 0.422. The van der Waals surface area contributed by atoms with E-state index in [2.05, 4.69) is 0 Å². The van der Waals surface area contributed by atoms with Crippen LogP contribution in [0, 0.1) is 0 Å². The van der Waals surface area contributed by atoms with E-state index in [1.165, 1.54) is 9.80 Å². The van der Waals surface area contributed by atoms with Crippen molar-refractivity contribution in [1.82, 2.24) is 9.80 Å². The summed E-state index contributed by atoms with van der Waals surface area (Å²) in [5.74, 6) is 0. The van der Waals surface area contributed by atoms with Crippen LogP contribution < -0.4 is 0 Å². The molecule has 0 saturated carbocycles. The van der Waals surface area contributed by atoms with E-state index in [9.17, 15) is 9.59 Å². The van der Waals surface area contributed by atoms with Crippen molar-refractivity contribution in [2.75, 3.05) is 28.2 Å². The summed E-state index contributed by atoms with van der Waals surface area (Å²) in [4.78, 5) is 21.8. The predicted octanol–water partition coefficient (Wildman–Crippen LogP) is -1.96. The van der Waals surface area contributed by atoms with E-state index in [0.717, 1.165) is 12.8 Å². The number of hydrogen-bond acceptors (Lipinski definition) is 8. The Morgan fingerprint density at radius 1 is 0.632 bits per heavy atom. The minimum absolute atomic E-state index is 0. The topological polar surface area (TPSA) is 143 Å². The molecule has 0 fully saturated rings. The predicted molar refractivity (Wildman–Crippen MR) is 65.6 cm³/mol. The Labute approximate surface area is 115 Å². The van der Waals surface area contributed by atoms with Crippen LogP contribution in [0.5, 0.6) is 0 Å². The molecule has 10 nitrogen and oxygen atoms in total. The largest absolute Gasteiger partial charge is 0.425 e. The van der Waals surface area contributed by atoms with Crippen LogP contribution in [0.25, 0.3) is 0 Å². The summed E-state index contributed by atoms with van der Waals surface area (Å²) in [7, 11) is 0.528. The molecule has 0 saturated heterocycles. The van der Waals surface area contributed by atoms with Crippen LogP contribution in [0.15, 0.2) is 0 Å². The van der Waals surface area contributed by atoms with Gasteiger partial charge < -0.3 is 9.80 Å². The second-order valence-electron chi connectivity index (χ2n) is 2.55. The normalized spacial score (nSPS) is 6.11. The first-order valence-corrected chi connectivity index (χ1v) is 5.78. The van der Waals surface area contributed by atoms with Crippen molar-refractivity contribution in [3.05, 3.63) is 0 Å². The highest BCUT2D eigenvalue weighted by molar-refractivity contribution is 7.59. The van der Waals surface area contributed by atoms with Crippen molar-refractivity contribution in [3.8, 4) is 0 Å². The molecule has 116 valence electrons. The Hall–Kier alpha value is -1.82. The van der Waals surface area contributed by atoms with Crippen molar-refractivity contribution in [2.24, 2.45) is 0 Å². The first kappa shape index (κ1) is 30.3. The summed E-state index contributed by atoms with van der Waals surface area (Å²) in [6.45, 7) is 0. The molecule has 12 heteroatoms. The zero-order valence-electron chi connectivity index (χ0n) is 10.1. The fourth-order valence-electron chi connectivity index (χ4n) is 0. The van der Waals surface area contributed by atoms with Gasteiger partial charge in [-0.2, -0.15) is 0 Å². The summed E-state index contributed by atoms with van der Waals surface area (Å²) >= 11 is 0. The Bertz CT molecular complexity index is 340. The van der Waals surface area contributed by atoms with Gasteiger partial charge in [-0.3, -0.25) is 9.59 Å². The Morgan fingerprint density at radius 2 is 0.684 bits per heavy atom. The van der Waals surface area contributed by atoms with E-state index in [4.69, 9.17) is 25.3 Å². The van der Waals surface area contributed by atoms with Crippen LogP contribution >= 0.6 is 0 Å². The quantitative estimate of drug-likeness (QED) is 0.533. The van der Waals surface area contributed by atoms with Gasteiger partial charge in [0.15, 0.2) is 0 Å². The highest BCUT2D eigenvalue weighted by atomic mass is 32.2. The monoisotopic (exact) mass is 322 g/mol. The fraction of sp³-hybridized carbons (Fsp3) is 0.714. The standard InChI is InChI=1S/2C3H7NO.CH4.2O3S/c2*1-4(2)3-5;;2*1-4(2)3/h2*3H,1-2H3;1H4;;. The average molecular weight is 322 g/mol. The van der Waals surface area contributed by atoms with Gasteiger partial charge >= 0.3 is 21.2 Å². The molecule has 19 heavy (non-hydrogen) atoms. The maximum Gasteiger partial charge on any atom is 0.425 e. The van der Waals surface area contributed by atoms with Gasteiger partial charge in [-0.15, -0.1) is 25.3 Å². The van der Waals surface area contributed by atoms with Crippen LogP contribution in [-0.2, 0) is 30.8 Å². The number of carbonyl (C=O) groups excluding carboxylic acids is 2. The van der Waals surface area contributed by atoms with Gasteiger partial charge in [0.25, 0.3) is 0 Å². The Balaban J connectivity index is -0.0000000453. The van der Waals surface area contributed by atoms with Crippen molar-refractivity contribution < 1.29 is 34.8 Å². The van der Waals surface area contributed by atoms with E-state index in [1.54, 1.807) is 28.2 Å². The Kier molecular flexibility index (Phi) is 40.1. The Morgan fingerprint density at radius 3 is 0.684 bits per heavy atom. The smallest absolute Gasteiger partial charge is 0.351 e. The number of nitrogens with zero attached hydrogens (tertiary/aromatic N) is 2. The van der Waals surface area contributed by atoms with Crippen LogP contribution in [-0.4, -0.2) is 76.1 Å². The van der Waals surface area contributed by atoms with E-state index >= 15 is 0 Å². The van der Waals surface area contributed by atoms with Crippen molar-refractivity contribution in [2.45, 2.75) is 7.43 Å². The first-order valence-electron chi connectivity index (χ1n) is 3.78. The molecular formula is C7H18N2O8S2. The van der Waals surface area contributed by atoms with Gasteiger partial charge in [0.2, 0.25) is 12.8 Å². The molecule has 0 bridgehead atoms. The van der Waals surface area contributed by atoms with E-state index in [0.29, 0.717) is 0 Å². The summed E-state index contributed by atoms with van der Waals surface area (Å²) in [5.41, 5.74) is 0. The second kappa shape index (κ2) is 25.1. The molecule has 0 aliphatic rings. The minimum Gasteiger partial charge on any atom is -0.351 e. The number of rotatable bonds is 2. The zero-order valence-corrected chi connectivity index (χ0v) is 11.8. The lowest BCUT2D eigenvalue weighted by Crippen LogP contribution is -2.06. The molecule has 0 heterocycles. The third-order valence-corrected chi connectivity index (χ3v) is 0.422. The molecule has 0 aromatic rings. The summed E-state index contributed by atoms with van der Waals surface area (Å²) in [6.07, 6.45) is 1.50. The van der Waals surface area contributed by atoms with E-state index in [1.807, 2.05) is 0 Å². The zero-order chi connectivity index (χ0) is 15.7. The van der Waals surface area contributed by atoms with Crippen LogP contribution in [0.3, 0.4) is 0 Å². The second-order valence-corrected chi connectivity index (χ2v) is 3.36. The highest BCUT2D eigenvalue weighted by Crippen LogP contribution is 1.52. The summed E-state index contributed by atoms with van der Waals surface area (Å²) in [5, 5.41) is 0. The lowest BCUT2D eigenvalue weighted by atomic mass is 11.0. The highest BCUT2D eigenvalue weighted by Gasteiger charge is 1.68. The summed E-state index contributed by atoms with van der Waals surface area (Å²) in [6, 6.07) is 0. The molecule has 0 rings (SSSR count). The van der Waals surface area contributed by atoms with Crippen LogP contribution in [0.2, 0.25) is 0 Å². The van der Waals surface area contributed by atoms with Gasteiger partial charge in [0, 0.05) is 28.2 Å². The van der Waals surface area contributed by atoms with Gasteiger partial charge in [0.05, 0.1) is 0 Å². The van der Waals surface area contributed by atoms with Gasteiger partial charge in [-0.25, -0.2) is 0 Å². The lowest BCUT2D eigenvalue weighted by Gasteiger charge is -1.93. The summed E-state index contributed by atoms with van der Waals surface area (Å²) < 4.78 is 50.7. The van der Waals surface area contributed by atoms with Gasteiger partial charge in [0.1, 0.15) is 0 Å². The van der Waals surface area contributed by atoms with Crippen molar-refractivity contribution >= 4 is 34.0 Å². The molecule has 0 unspecified atom stereocenters. The molecule has 0 spiro atoms. The van der Waals surface area contributed by atoms with Crippen LogP contribution in [0.1, 0.15) is 7.43 Å². The molecule has 0 atom stereocenters. The maximum absolute atomic E-state index is 9.43. The lowest BCUT2D eigenvalue weighted by molar-refractivity contribution is -0.116. The molecule has 2 amide bonds. The van der Waals surface area contributed by atoms with E-state index in [-0.39, 0.29) is 7.43 Å². The molecule has 0 aromatic heterocycles. The minimum atomic E-state index is -3.11. The van der Waals surface area contributed by atoms with Gasteiger partial charge in [-0.1, -0.05) is 7.43 Å². The van der Waals surface area contributed by atoms with Crippen molar-refractivity contribution in [1.29, 1.82) is 0 Å².